The molecule has 3 heterocycles. The fraction of sp³-hybridized carbons (Fsp3) is 0.293. The highest BCUT2D eigenvalue weighted by atomic mass is 35.5. The summed E-state index contributed by atoms with van der Waals surface area (Å²) in [4.78, 5) is 27.6. The molecule has 0 radical (unpaired) electrons. The summed E-state index contributed by atoms with van der Waals surface area (Å²) in [5, 5.41) is 44.4. The molecular formula is C41H44Cl2N14O8S4. The molecule has 7 aromatic rings. The van der Waals surface area contributed by atoms with Gasteiger partial charge >= 0.3 is 0 Å². The Bertz CT molecular complexity index is 3090. The molecular weight excluding hydrogens is 1020 g/mol. The number of halogens is 2. The SMILES string of the molecule is CCN(CC)c1ccc(N=Nc2nc3c(S(=O)(=O)O)cc(Cl)cc3s2)c(Nc2nc(Nc3cc(N(CC)CC)ccc3N=Nc3nc4c(S(=O)(=O)O)cc(Cl)cc4s3)nc(N(CCO)CCO)n2)c1. The van der Waals surface area contributed by atoms with E-state index in [9.17, 15) is 36.2 Å². The maximum absolute atomic E-state index is 12.2. The van der Waals surface area contributed by atoms with Crippen molar-refractivity contribution in [3.63, 3.8) is 0 Å². The molecule has 0 saturated heterocycles. The summed E-state index contributed by atoms with van der Waals surface area (Å²) in [7, 11) is -9.33. The highest BCUT2D eigenvalue weighted by Gasteiger charge is 2.22. The van der Waals surface area contributed by atoms with E-state index in [1.54, 1.807) is 17.0 Å². The number of aliphatic hydroxyl groups is 2. The molecule has 0 aliphatic heterocycles. The molecule has 0 saturated carbocycles. The maximum Gasteiger partial charge on any atom is 0.296 e. The summed E-state index contributed by atoms with van der Waals surface area (Å²) in [6, 6.07) is 16.0. The second kappa shape index (κ2) is 21.9. The predicted molar refractivity (Wildman–Crippen MR) is 270 cm³/mol. The van der Waals surface area contributed by atoms with Crippen molar-refractivity contribution in [1.29, 1.82) is 0 Å². The van der Waals surface area contributed by atoms with Crippen LogP contribution in [-0.4, -0.2) is 114 Å². The van der Waals surface area contributed by atoms with Crippen molar-refractivity contribution in [3.05, 3.63) is 70.7 Å². The molecule has 0 atom stereocenters. The van der Waals surface area contributed by atoms with Crippen molar-refractivity contribution in [3.8, 4) is 0 Å². The van der Waals surface area contributed by atoms with Crippen molar-refractivity contribution in [2.24, 2.45) is 20.5 Å². The van der Waals surface area contributed by atoms with Gasteiger partial charge < -0.3 is 35.5 Å². The van der Waals surface area contributed by atoms with Gasteiger partial charge in [0.2, 0.25) is 28.1 Å². The molecule has 0 aliphatic carbocycles. The topological polar surface area (TPSA) is 297 Å². The van der Waals surface area contributed by atoms with E-state index < -0.39 is 30.0 Å². The minimum atomic E-state index is -4.67. The highest BCUT2D eigenvalue weighted by Crippen LogP contribution is 2.40. The van der Waals surface area contributed by atoms with Crippen LogP contribution in [0, 0.1) is 0 Å². The number of hydrogen-bond acceptors (Lipinski definition) is 22. The number of hydrogen-bond donors (Lipinski definition) is 6. The lowest BCUT2D eigenvalue weighted by Gasteiger charge is -2.24. The summed E-state index contributed by atoms with van der Waals surface area (Å²) < 4.78 is 69.0. The van der Waals surface area contributed by atoms with Crippen LogP contribution in [0.25, 0.3) is 20.4 Å². The Morgan fingerprint density at radius 1 is 0.565 bits per heavy atom. The zero-order valence-electron chi connectivity index (χ0n) is 37.1. The van der Waals surface area contributed by atoms with Crippen LogP contribution in [0.5, 0.6) is 0 Å². The molecule has 0 amide bonds. The molecule has 7 rings (SSSR count). The summed E-state index contributed by atoms with van der Waals surface area (Å²) in [5.41, 5.74) is 2.96. The average molecular weight is 1060 g/mol. The number of anilines is 7. The first-order valence-electron chi connectivity index (χ1n) is 21.0. The highest BCUT2D eigenvalue weighted by molar-refractivity contribution is 7.86. The lowest BCUT2D eigenvalue weighted by Crippen LogP contribution is -2.31. The van der Waals surface area contributed by atoms with Crippen LogP contribution < -0.4 is 25.3 Å². The maximum atomic E-state index is 12.2. The van der Waals surface area contributed by atoms with Crippen molar-refractivity contribution in [2.75, 3.05) is 77.8 Å². The first-order valence-corrected chi connectivity index (χ1v) is 26.2. The predicted octanol–water partition coefficient (Wildman–Crippen LogP) is 9.69. The van der Waals surface area contributed by atoms with E-state index in [0.717, 1.165) is 46.2 Å². The van der Waals surface area contributed by atoms with Gasteiger partial charge in [-0.25, -0.2) is 9.97 Å². The van der Waals surface area contributed by atoms with E-state index in [4.69, 9.17) is 28.2 Å². The van der Waals surface area contributed by atoms with Gasteiger partial charge in [0.25, 0.3) is 20.2 Å². The van der Waals surface area contributed by atoms with Crippen LogP contribution in [0.2, 0.25) is 10.0 Å². The largest absolute Gasteiger partial charge is 0.395 e. The molecule has 3 aromatic heterocycles. The van der Waals surface area contributed by atoms with Gasteiger partial charge in [-0.3, -0.25) is 9.11 Å². The van der Waals surface area contributed by atoms with Crippen molar-refractivity contribution in [2.45, 2.75) is 37.5 Å². The van der Waals surface area contributed by atoms with Gasteiger partial charge in [0.15, 0.2) is 0 Å². The number of azo groups is 2. The zero-order chi connectivity index (χ0) is 49.6. The third kappa shape index (κ3) is 12.1. The molecule has 364 valence electrons. The molecule has 0 bridgehead atoms. The molecule has 0 spiro atoms. The first-order chi connectivity index (χ1) is 32.9. The number of nitrogens with one attached hydrogen (secondary N) is 2. The fourth-order valence-electron chi connectivity index (χ4n) is 6.99. The van der Waals surface area contributed by atoms with Crippen LogP contribution in [0.1, 0.15) is 27.7 Å². The van der Waals surface area contributed by atoms with E-state index >= 15 is 0 Å². The number of rotatable bonds is 21. The van der Waals surface area contributed by atoms with Gasteiger partial charge in [-0.1, -0.05) is 45.9 Å². The van der Waals surface area contributed by atoms with Crippen LogP contribution >= 0.6 is 45.9 Å². The van der Waals surface area contributed by atoms with E-state index in [0.29, 0.717) is 58.3 Å². The summed E-state index contributed by atoms with van der Waals surface area (Å²) >= 11 is 14.3. The van der Waals surface area contributed by atoms with Gasteiger partial charge in [0.05, 0.1) is 34.0 Å². The smallest absolute Gasteiger partial charge is 0.296 e. The van der Waals surface area contributed by atoms with Gasteiger partial charge in [0, 0.05) is 60.7 Å². The first kappa shape index (κ1) is 51.1. The summed E-state index contributed by atoms with van der Waals surface area (Å²) in [6.45, 7) is 10.2. The summed E-state index contributed by atoms with van der Waals surface area (Å²) in [5.74, 6) is 0.0967. The lowest BCUT2D eigenvalue weighted by atomic mass is 10.2. The number of aromatic nitrogens is 5. The van der Waals surface area contributed by atoms with Crippen molar-refractivity contribution < 1.29 is 36.2 Å². The number of benzene rings is 4. The number of fused-ring (bicyclic) bond motifs is 2. The Morgan fingerprint density at radius 2 is 0.971 bits per heavy atom. The van der Waals surface area contributed by atoms with Gasteiger partial charge in [0.1, 0.15) is 32.2 Å². The van der Waals surface area contributed by atoms with E-state index in [1.807, 2.05) is 52.0 Å². The normalized spacial score (nSPS) is 12.2. The minimum absolute atomic E-state index is 0.00907. The Balaban J connectivity index is 1.32. The molecule has 0 fully saturated rings. The van der Waals surface area contributed by atoms with Crippen LogP contribution in [0.15, 0.2) is 90.9 Å². The third-order valence-corrected chi connectivity index (χ3v) is 14.2. The standard InChI is InChI=1S/C41H44Cl2N14O8S4/c1-5-55(6-2)25-9-11-27(51-53-40-46-35-31(66-40)17-23(42)19-33(35)68(60,61)62)29(21-25)44-37-48-38(50-39(49-37)57(13-15-58)14-16-59)45-30-22-26(56(7-3)8-4)10-12-28(30)52-54-41-47-36-32(67-41)18-24(43)20-34(36)69(63,64)65/h9-12,17-22,58-59H,5-8,13-16H2,1-4H3,(H,60,61,62)(H,63,64,65)(H2,44,45,48,49,50). The number of thiazole rings is 2. The molecule has 4 aromatic carbocycles. The van der Waals surface area contributed by atoms with E-state index in [-0.39, 0.29) is 75.5 Å². The number of nitrogens with zero attached hydrogens (tertiary/aromatic N) is 12. The lowest BCUT2D eigenvalue weighted by molar-refractivity contribution is 0.280. The molecule has 0 aliphatic rings. The number of aliphatic hydroxyl groups excluding tert-OH is 2. The molecule has 28 heteroatoms. The fourth-order valence-corrected chi connectivity index (χ4v) is 10.9. The van der Waals surface area contributed by atoms with Gasteiger partial charge in [-0.2, -0.15) is 31.8 Å². The molecule has 69 heavy (non-hydrogen) atoms. The van der Waals surface area contributed by atoms with Crippen LogP contribution in [0.3, 0.4) is 0 Å². The second-order valence-electron chi connectivity index (χ2n) is 14.6. The van der Waals surface area contributed by atoms with E-state index in [1.165, 1.54) is 12.1 Å². The average Bonchev–Trinajstić information content (AvgIpc) is 3.91. The summed E-state index contributed by atoms with van der Waals surface area (Å²) in [6.07, 6.45) is 0. The zero-order valence-corrected chi connectivity index (χ0v) is 41.9. The van der Waals surface area contributed by atoms with Crippen molar-refractivity contribution >= 4 is 149 Å². The Kier molecular flexibility index (Phi) is 16.2. The Morgan fingerprint density at radius 3 is 1.33 bits per heavy atom. The van der Waals surface area contributed by atoms with Gasteiger partial charge in [-0.15, -0.1) is 20.5 Å². The van der Waals surface area contributed by atoms with Gasteiger partial charge in [-0.05, 0) is 88.4 Å². The Labute approximate surface area is 414 Å². The Hall–Kier alpha value is -5.81. The van der Waals surface area contributed by atoms with Crippen LogP contribution in [-0.2, 0) is 20.2 Å². The van der Waals surface area contributed by atoms with Crippen molar-refractivity contribution in [1.82, 2.24) is 24.9 Å². The monoisotopic (exact) mass is 1060 g/mol. The molecule has 0 unspecified atom stereocenters. The molecule has 22 nitrogen and oxygen atoms in total. The van der Waals surface area contributed by atoms with E-state index in [2.05, 4.69) is 60.8 Å². The third-order valence-electron chi connectivity index (χ3n) is 10.2. The second-order valence-corrected chi connectivity index (χ2v) is 20.2. The van der Waals surface area contributed by atoms with Crippen LogP contribution in [0.4, 0.5) is 62.2 Å². The quantitative estimate of drug-likeness (QED) is 0.0288. The molecule has 6 N–H and O–H groups in total. The minimum Gasteiger partial charge on any atom is -0.395 e.